The largest absolute Gasteiger partial charge is 0.573 e. The maximum atomic E-state index is 12.7. The first-order chi connectivity index (χ1) is 14.3. The van der Waals surface area contributed by atoms with E-state index in [1.54, 1.807) is 5.32 Å². The van der Waals surface area contributed by atoms with Crippen LogP contribution in [-0.4, -0.2) is 30.3 Å². The number of alkyl halides is 6. The Bertz CT molecular complexity index is 1000. The summed E-state index contributed by atoms with van der Waals surface area (Å²) in [6.45, 7) is 0. The highest BCUT2D eigenvalue weighted by Gasteiger charge is 2.41. The molecule has 12 heteroatoms. The van der Waals surface area contributed by atoms with Crippen LogP contribution in [0.25, 0.3) is 0 Å². The third-order valence-electron chi connectivity index (χ3n) is 4.30. The van der Waals surface area contributed by atoms with Gasteiger partial charge in [-0.05, 0) is 42.0 Å². The summed E-state index contributed by atoms with van der Waals surface area (Å²) in [6.07, 6.45) is -10.2. The van der Waals surface area contributed by atoms with Gasteiger partial charge < -0.3 is 10.1 Å². The minimum absolute atomic E-state index is 0.0427. The van der Waals surface area contributed by atoms with Crippen LogP contribution in [0.4, 0.5) is 37.7 Å². The molecule has 1 heterocycles. The molecule has 6 nitrogen and oxygen atoms in total. The van der Waals surface area contributed by atoms with E-state index in [0.29, 0.717) is 5.56 Å². The molecule has 0 radical (unpaired) electrons. The number of anilines is 2. The number of carbonyl (C=O) groups is 3. The molecule has 1 N–H and O–H groups in total. The fourth-order valence-corrected chi connectivity index (χ4v) is 2.96. The van der Waals surface area contributed by atoms with E-state index in [-0.39, 0.29) is 17.8 Å². The Morgan fingerprint density at radius 2 is 1.52 bits per heavy atom. The number of carbonyl (C=O) groups excluding carboxylic acids is 3. The van der Waals surface area contributed by atoms with E-state index in [9.17, 15) is 40.7 Å². The summed E-state index contributed by atoms with van der Waals surface area (Å²) in [5, 5.41) is 1.66. The number of hydrogen-bond acceptors (Lipinski definition) is 4. The summed E-state index contributed by atoms with van der Waals surface area (Å²) in [4.78, 5) is 36.8. The summed E-state index contributed by atoms with van der Waals surface area (Å²) in [5.74, 6) is -4.87. The van der Waals surface area contributed by atoms with Crippen LogP contribution in [0.15, 0.2) is 48.5 Å². The van der Waals surface area contributed by atoms with Gasteiger partial charge in [0, 0.05) is 12.1 Å². The Morgan fingerprint density at radius 1 is 0.935 bits per heavy atom. The lowest BCUT2D eigenvalue weighted by molar-refractivity contribution is -0.274. The zero-order valence-electron chi connectivity index (χ0n) is 15.3. The molecule has 0 aliphatic carbocycles. The maximum Gasteiger partial charge on any atom is 0.573 e. The molecule has 1 aliphatic rings. The number of amides is 3. The maximum absolute atomic E-state index is 12.7. The average Bonchev–Trinajstić information content (AvgIpc) is 2.95. The molecule has 0 aromatic heterocycles. The fourth-order valence-electron chi connectivity index (χ4n) is 2.96. The van der Waals surface area contributed by atoms with Gasteiger partial charge in [0.15, 0.2) is 0 Å². The van der Waals surface area contributed by atoms with Gasteiger partial charge >= 0.3 is 18.4 Å². The molecule has 1 unspecified atom stereocenters. The Balaban J connectivity index is 1.73. The second kappa shape index (κ2) is 7.93. The van der Waals surface area contributed by atoms with Crippen molar-refractivity contribution in [3.05, 3.63) is 54.1 Å². The predicted octanol–water partition coefficient (Wildman–Crippen LogP) is 4.13. The molecule has 0 bridgehead atoms. The van der Waals surface area contributed by atoms with E-state index in [1.165, 1.54) is 12.1 Å². The SMILES string of the molecule is O=C1CC(c2ccc(NC(=O)C(F)(F)F)cc2)C(=O)N1c1ccc(OC(F)(F)F)cc1. The third-order valence-corrected chi connectivity index (χ3v) is 4.30. The molecule has 1 saturated heterocycles. The first-order valence-corrected chi connectivity index (χ1v) is 8.56. The number of benzene rings is 2. The lowest BCUT2D eigenvalue weighted by Gasteiger charge is -2.16. The van der Waals surface area contributed by atoms with Gasteiger partial charge in [0.1, 0.15) is 5.75 Å². The molecular formula is C19H12F6N2O4. The molecule has 0 saturated carbocycles. The van der Waals surface area contributed by atoms with Gasteiger partial charge in [-0.3, -0.25) is 19.3 Å². The Hall–Kier alpha value is -3.57. The summed E-state index contributed by atoms with van der Waals surface area (Å²) in [6, 6.07) is 9.05. The number of halogens is 6. The van der Waals surface area contributed by atoms with Crippen molar-refractivity contribution < 1.29 is 45.5 Å². The van der Waals surface area contributed by atoms with Crippen LogP contribution in [0.3, 0.4) is 0 Å². The molecule has 3 rings (SSSR count). The minimum atomic E-state index is -5.06. The average molecular weight is 446 g/mol. The van der Waals surface area contributed by atoms with Gasteiger partial charge in [0.25, 0.3) is 0 Å². The van der Waals surface area contributed by atoms with Gasteiger partial charge in [-0.15, -0.1) is 13.2 Å². The van der Waals surface area contributed by atoms with Gasteiger partial charge in [0.05, 0.1) is 11.6 Å². The van der Waals surface area contributed by atoms with Crippen LogP contribution in [0.5, 0.6) is 5.75 Å². The van der Waals surface area contributed by atoms with E-state index in [1.807, 2.05) is 0 Å². The summed E-state index contributed by atoms with van der Waals surface area (Å²) in [7, 11) is 0. The molecule has 1 atom stereocenters. The lowest BCUT2D eigenvalue weighted by atomic mass is 9.97. The molecule has 2 aromatic rings. The van der Waals surface area contributed by atoms with Crippen LogP contribution in [0, 0.1) is 0 Å². The number of nitrogens with zero attached hydrogens (tertiary/aromatic N) is 1. The fraction of sp³-hybridized carbons (Fsp3) is 0.211. The number of nitrogens with one attached hydrogen (secondary N) is 1. The zero-order valence-corrected chi connectivity index (χ0v) is 15.3. The van der Waals surface area contributed by atoms with Gasteiger partial charge in [0.2, 0.25) is 11.8 Å². The Morgan fingerprint density at radius 3 is 2.03 bits per heavy atom. The Kier molecular flexibility index (Phi) is 5.66. The van der Waals surface area contributed by atoms with E-state index in [0.717, 1.165) is 41.3 Å². The highest BCUT2D eigenvalue weighted by atomic mass is 19.4. The third kappa shape index (κ3) is 5.13. The van der Waals surface area contributed by atoms with E-state index < -0.39 is 41.9 Å². The quantitative estimate of drug-likeness (QED) is 0.566. The van der Waals surface area contributed by atoms with Crippen molar-refractivity contribution in [2.75, 3.05) is 10.2 Å². The van der Waals surface area contributed by atoms with Crippen molar-refractivity contribution in [1.82, 2.24) is 0 Å². The molecule has 164 valence electrons. The van der Waals surface area contributed by atoms with Crippen molar-refractivity contribution in [3.63, 3.8) is 0 Å². The van der Waals surface area contributed by atoms with Gasteiger partial charge in [-0.1, -0.05) is 12.1 Å². The van der Waals surface area contributed by atoms with E-state index in [2.05, 4.69) is 4.74 Å². The van der Waals surface area contributed by atoms with Crippen molar-refractivity contribution in [2.45, 2.75) is 24.9 Å². The lowest BCUT2D eigenvalue weighted by Crippen LogP contribution is -2.30. The van der Waals surface area contributed by atoms with Gasteiger partial charge in [-0.25, -0.2) is 0 Å². The standard InChI is InChI=1S/C19H12F6N2O4/c20-18(21,22)17(30)26-11-3-1-10(2-4-11)14-9-15(28)27(16(14)29)12-5-7-13(8-6-12)31-19(23,24)25/h1-8,14H,9H2,(H,26,30). The van der Waals surface area contributed by atoms with Crippen LogP contribution in [-0.2, 0) is 14.4 Å². The first-order valence-electron chi connectivity index (χ1n) is 8.56. The minimum Gasteiger partial charge on any atom is -0.406 e. The second-order valence-corrected chi connectivity index (χ2v) is 6.44. The van der Waals surface area contributed by atoms with Crippen LogP contribution in [0.1, 0.15) is 17.9 Å². The van der Waals surface area contributed by atoms with Crippen molar-refractivity contribution in [2.24, 2.45) is 0 Å². The van der Waals surface area contributed by atoms with E-state index >= 15 is 0 Å². The highest BCUT2D eigenvalue weighted by Crippen LogP contribution is 2.35. The zero-order chi connectivity index (χ0) is 23.0. The predicted molar refractivity (Wildman–Crippen MR) is 94.1 cm³/mol. The first kappa shape index (κ1) is 22.1. The smallest absolute Gasteiger partial charge is 0.406 e. The summed E-state index contributed by atoms with van der Waals surface area (Å²) >= 11 is 0. The molecule has 1 aliphatic heterocycles. The van der Waals surface area contributed by atoms with Crippen molar-refractivity contribution in [1.29, 1.82) is 0 Å². The van der Waals surface area contributed by atoms with Crippen molar-refractivity contribution >= 4 is 29.1 Å². The number of ether oxygens (including phenoxy) is 1. The summed E-state index contributed by atoms with van der Waals surface area (Å²) < 4.78 is 77.4. The second-order valence-electron chi connectivity index (χ2n) is 6.44. The number of rotatable bonds is 4. The highest BCUT2D eigenvalue weighted by molar-refractivity contribution is 6.22. The van der Waals surface area contributed by atoms with Crippen LogP contribution < -0.4 is 15.0 Å². The molecule has 1 fully saturated rings. The molecule has 2 aromatic carbocycles. The van der Waals surface area contributed by atoms with Crippen molar-refractivity contribution in [3.8, 4) is 5.75 Å². The normalized spacial score (nSPS) is 17.1. The topological polar surface area (TPSA) is 75.7 Å². The number of hydrogen-bond donors (Lipinski definition) is 1. The molecule has 0 spiro atoms. The molecular weight excluding hydrogens is 434 g/mol. The van der Waals surface area contributed by atoms with Crippen LogP contribution in [0.2, 0.25) is 0 Å². The number of imide groups is 1. The summed E-state index contributed by atoms with van der Waals surface area (Å²) in [5.41, 5.74) is 0.212. The van der Waals surface area contributed by atoms with Gasteiger partial charge in [-0.2, -0.15) is 13.2 Å². The molecule has 3 amide bonds. The Labute approximate surface area is 170 Å². The molecule has 31 heavy (non-hydrogen) atoms. The monoisotopic (exact) mass is 446 g/mol. The van der Waals surface area contributed by atoms with Crippen LogP contribution >= 0.6 is 0 Å². The van der Waals surface area contributed by atoms with E-state index in [4.69, 9.17) is 0 Å².